The molecular formula is C27H21N3. The molecule has 0 N–H and O–H groups in total. The van der Waals surface area contributed by atoms with Crippen molar-refractivity contribution in [3.05, 3.63) is 139 Å². The number of hydrogen-bond donors (Lipinski definition) is 0. The number of anilines is 1. The summed E-state index contributed by atoms with van der Waals surface area (Å²) in [5.74, 6) is 0. The third kappa shape index (κ3) is 3.53. The first-order valence-corrected chi connectivity index (χ1v) is 10.0. The summed E-state index contributed by atoms with van der Waals surface area (Å²) in [4.78, 5) is 10.8. The molecule has 0 radical (unpaired) electrons. The van der Waals surface area contributed by atoms with Crippen LogP contribution in [0.25, 0.3) is 11.3 Å². The van der Waals surface area contributed by atoms with Crippen LogP contribution in [0.15, 0.2) is 122 Å². The largest absolute Gasteiger partial charge is 0.330 e. The van der Waals surface area contributed by atoms with E-state index in [9.17, 15) is 0 Å². The molecule has 0 bridgehead atoms. The van der Waals surface area contributed by atoms with Gasteiger partial charge in [-0.05, 0) is 58.7 Å². The second-order valence-electron chi connectivity index (χ2n) is 7.18. The summed E-state index contributed by atoms with van der Waals surface area (Å²) in [5.41, 5.74) is 7.03. The highest BCUT2D eigenvalue weighted by atomic mass is 15.2. The maximum absolute atomic E-state index is 4.23. The van der Waals surface area contributed by atoms with E-state index in [1.165, 1.54) is 16.7 Å². The van der Waals surface area contributed by atoms with Crippen LogP contribution in [0, 0.1) is 0 Å². The van der Waals surface area contributed by atoms with Crippen molar-refractivity contribution in [2.24, 2.45) is 0 Å². The van der Waals surface area contributed by atoms with E-state index in [2.05, 4.69) is 112 Å². The van der Waals surface area contributed by atoms with Gasteiger partial charge in [-0.3, -0.25) is 9.97 Å². The quantitative estimate of drug-likeness (QED) is 0.420. The topological polar surface area (TPSA) is 29.0 Å². The molecule has 3 heterocycles. The van der Waals surface area contributed by atoms with E-state index in [1.54, 1.807) is 0 Å². The lowest BCUT2D eigenvalue weighted by Gasteiger charge is -2.38. The van der Waals surface area contributed by atoms with Crippen LogP contribution in [0.2, 0.25) is 0 Å². The predicted octanol–water partition coefficient (Wildman–Crippen LogP) is 6.16. The molecule has 144 valence electrons. The summed E-state index contributed by atoms with van der Waals surface area (Å²) in [6.45, 7) is 0. The Morgan fingerprint density at radius 1 is 0.600 bits per heavy atom. The number of benzene rings is 2. The Hall–Kier alpha value is -3.98. The Balaban J connectivity index is 1.74. The molecule has 0 aliphatic carbocycles. The van der Waals surface area contributed by atoms with Crippen LogP contribution < -0.4 is 4.90 Å². The fourth-order valence-corrected chi connectivity index (χ4v) is 3.91. The van der Waals surface area contributed by atoms with E-state index in [0.29, 0.717) is 0 Å². The fraction of sp³-hybridized carbons (Fsp3) is 0.0370. The lowest BCUT2D eigenvalue weighted by molar-refractivity contribution is 0.850. The van der Waals surface area contributed by atoms with Crippen molar-refractivity contribution in [2.75, 3.05) is 4.90 Å². The van der Waals surface area contributed by atoms with Gasteiger partial charge in [0.05, 0.1) is 6.04 Å². The van der Waals surface area contributed by atoms with E-state index in [4.69, 9.17) is 0 Å². The Bertz CT molecular complexity index is 1170. The molecule has 1 aliphatic rings. The van der Waals surface area contributed by atoms with Gasteiger partial charge < -0.3 is 4.90 Å². The van der Waals surface area contributed by atoms with Crippen LogP contribution in [0.4, 0.5) is 5.69 Å². The average Bonchev–Trinajstić information content (AvgIpc) is 2.85. The predicted molar refractivity (Wildman–Crippen MR) is 123 cm³/mol. The maximum Gasteiger partial charge on any atom is 0.0784 e. The number of rotatable bonds is 4. The minimum atomic E-state index is 0.0528. The van der Waals surface area contributed by atoms with Gasteiger partial charge in [-0.25, -0.2) is 0 Å². The second kappa shape index (κ2) is 8.18. The second-order valence-corrected chi connectivity index (χ2v) is 7.18. The number of pyridine rings is 2. The van der Waals surface area contributed by atoms with Gasteiger partial charge in [-0.2, -0.15) is 0 Å². The SMILES string of the molecule is C1=C(c2ccncc2)C=C(c2ccccc2)N(c2ccncc2)C1c1ccccc1. The van der Waals surface area contributed by atoms with E-state index in [0.717, 1.165) is 16.9 Å². The van der Waals surface area contributed by atoms with Crippen molar-refractivity contribution in [3.8, 4) is 0 Å². The highest BCUT2D eigenvalue weighted by molar-refractivity contribution is 5.93. The molecular weight excluding hydrogens is 366 g/mol. The first-order valence-electron chi connectivity index (χ1n) is 10.0. The zero-order valence-corrected chi connectivity index (χ0v) is 16.5. The molecule has 1 aliphatic heterocycles. The van der Waals surface area contributed by atoms with Crippen molar-refractivity contribution >= 4 is 17.0 Å². The standard InChI is InChI=1S/C27H21N3/c1-3-7-22(8-4-1)26-19-24(21-11-15-28-16-12-21)20-27(23-9-5-2-6-10-23)30(26)25-13-17-29-18-14-25/h1-20,26H. The summed E-state index contributed by atoms with van der Waals surface area (Å²) in [7, 11) is 0. The van der Waals surface area contributed by atoms with Crippen LogP contribution in [-0.2, 0) is 0 Å². The lowest BCUT2D eigenvalue weighted by Crippen LogP contribution is -2.28. The minimum Gasteiger partial charge on any atom is -0.330 e. The summed E-state index contributed by atoms with van der Waals surface area (Å²) in [6.07, 6.45) is 12.0. The van der Waals surface area contributed by atoms with Gasteiger partial charge in [0.25, 0.3) is 0 Å². The first-order chi connectivity index (χ1) is 14.9. The Kier molecular flexibility index (Phi) is 4.93. The zero-order chi connectivity index (χ0) is 20.2. The fourth-order valence-electron chi connectivity index (χ4n) is 3.91. The van der Waals surface area contributed by atoms with Gasteiger partial charge >= 0.3 is 0 Å². The van der Waals surface area contributed by atoms with Crippen molar-refractivity contribution in [1.82, 2.24) is 9.97 Å². The normalized spacial score (nSPS) is 16.0. The van der Waals surface area contributed by atoms with Crippen LogP contribution in [0.1, 0.15) is 22.7 Å². The summed E-state index contributed by atoms with van der Waals surface area (Å²) < 4.78 is 0. The van der Waals surface area contributed by atoms with Crippen LogP contribution in [0.5, 0.6) is 0 Å². The van der Waals surface area contributed by atoms with Gasteiger partial charge in [-0.1, -0.05) is 60.7 Å². The molecule has 0 saturated heterocycles. The highest BCUT2D eigenvalue weighted by Gasteiger charge is 2.27. The molecule has 30 heavy (non-hydrogen) atoms. The number of allylic oxidation sites excluding steroid dienone is 2. The van der Waals surface area contributed by atoms with Gasteiger partial charge in [0, 0.05) is 36.2 Å². The molecule has 2 aromatic carbocycles. The van der Waals surface area contributed by atoms with E-state index in [-0.39, 0.29) is 6.04 Å². The van der Waals surface area contributed by atoms with Gasteiger partial charge in [0.15, 0.2) is 0 Å². The first kappa shape index (κ1) is 18.1. The van der Waals surface area contributed by atoms with E-state index < -0.39 is 0 Å². The molecule has 3 heteroatoms. The molecule has 2 aromatic heterocycles. The van der Waals surface area contributed by atoms with E-state index in [1.807, 2.05) is 24.8 Å². The monoisotopic (exact) mass is 387 g/mol. The zero-order valence-electron chi connectivity index (χ0n) is 16.5. The summed E-state index contributed by atoms with van der Waals surface area (Å²) >= 11 is 0. The smallest absolute Gasteiger partial charge is 0.0784 e. The van der Waals surface area contributed by atoms with Gasteiger partial charge in [0.2, 0.25) is 0 Å². The van der Waals surface area contributed by atoms with Crippen molar-refractivity contribution in [2.45, 2.75) is 6.04 Å². The van der Waals surface area contributed by atoms with Crippen molar-refractivity contribution < 1.29 is 0 Å². The summed E-state index contributed by atoms with van der Waals surface area (Å²) in [6, 6.07) is 29.5. The lowest BCUT2D eigenvalue weighted by atomic mass is 9.91. The maximum atomic E-state index is 4.23. The number of nitrogens with zero attached hydrogens (tertiary/aromatic N) is 3. The molecule has 5 rings (SSSR count). The van der Waals surface area contributed by atoms with E-state index >= 15 is 0 Å². The molecule has 1 atom stereocenters. The number of hydrogen-bond acceptors (Lipinski definition) is 3. The van der Waals surface area contributed by atoms with Crippen molar-refractivity contribution in [1.29, 1.82) is 0 Å². The van der Waals surface area contributed by atoms with Gasteiger partial charge in [-0.15, -0.1) is 0 Å². The van der Waals surface area contributed by atoms with Crippen LogP contribution >= 0.6 is 0 Å². The molecule has 0 spiro atoms. The van der Waals surface area contributed by atoms with Gasteiger partial charge in [0.1, 0.15) is 0 Å². The molecule has 3 nitrogen and oxygen atoms in total. The molecule has 1 unspecified atom stereocenters. The summed E-state index contributed by atoms with van der Waals surface area (Å²) in [5, 5.41) is 0. The average molecular weight is 387 g/mol. The van der Waals surface area contributed by atoms with Crippen molar-refractivity contribution in [3.63, 3.8) is 0 Å². The Labute approximate surface area is 176 Å². The van der Waals surface area contributed by atoms with Crippen LogP contribution in [0.3, 0.4) is 0 Å². The molecule has 0 fully saturated rings. The minimum absolute atomic E-state index is 0.0528. The molecule has 0 amide bonds. The molecule has 4 aromatic rings. The third-order valence-corrected chi connectivity index (χ3v) is 5.33. The molecule has 0 saturated carbocycles. The Morgan fingerprint density at radius 2 is 1.20 bits per heavy atom. The highest BCUT2D eigenvalue weighted by Crippen LogP contribution is 2.42. The number of aromatic nitrogens is 2. The third-order valence-electron chi connectivity index (χ3n) is 5.33. The van der Waals surface area contributed by atoms with Crippen LogP contribution in [-0.4, -0.2) is 9.97 Å². The Morgan fingerprint density at radius 3 is 1.87 bits per heavy atom.